The molecular weight excluding hydrogens is 1060 g/mol. The summed E-state index contributed by atoms with van der Waals surface area (Å²) in [4.78, 5) is 48.5. The number of ether oxygens (including phenoxy) is 3. The highest BCUT2D eigenvalue weighted by atomic mass is 16.5. The zero-order chi connectivity index (χ0) is 57.5. The summed E-state index contributed by atoms with van der Waals surface area (Å²) >= 11 is 0. The number of aliphatic hydroxyl groups excluding tert-OH is 2. The van der Waals surface area contributed by atoms with Crippen molar-refractivity contribution in [1.29, 1.82) is 0 Å². The van der Waals surface area contributed by atoms with E-state index >= 15 is 0 Å². The van der Waals surface area contributed by atoms with Crippen LogP contribution in [0.2, 0.25) is 0 Å². The normalized spacial score (nSPS) is 20.8. The lowest BCUT2D eigenvalue weighted by atomic mass is 9.89. The fourth-order valence-corrected chi connectivity index (χ4v) is 13.5. The van der Waals surface area contributed by atoms with Gasteiger partial charge in [-0.2, -0.15) is 25.3 Å². The molecule has 5 aromatic heterocycles. The Bertz CT molecular complexity index is 4000. The monoisotopic (exact) mass is 1130 g/mol. The number of amides is 2. The van der Waals surface area contributed by atoms with E-state index in [4.69, 9.17) is 40.0 Å². The minimum atomic E-state index is -0.993. The first-order valence-electron chi connectivity index (χ1n) is 29.7. The van der Waals surface area contributed by atoms with Crippen molar-refractivity contribution in [3.05, 3.63) is 108 Å². The van der Waals surface area contributed by atoms with Crippen LogP contribution in [0, 0.1) is 12.8 Å². The van der Waals surface area contributed by atoms with Crippen molar-refractivity contribution >= 4 is 67.1 Å². The number of rotatable bonds is 17. The van der Waals surface area contributed by atoms with Gasteiger partial charge in [0.25, 0.3) is 0 Å². The number of nitrogens with zero attached hydrogens (tertiary/aromatic N) is 10. The van der Waals surface area contributed by atoms with Gasteiger partial charge in [0.2, 0.25) is 11.8 Å². The van der Waals surface area contributed by atoms with Crippen LogP contribution in [0.25, 0.3) is 66.0 Å². The number of aryl methyl sites for hydroxylation is 2. The molecule has 4 aromatic carbocycles. The van der Waals surface area contributed by atoms with Crippen LogP contribution in [0.5, 0.6) is 11.8 Å². The summed E-state index contributed by atoms with van der Waals surface area (Å²) in [5, 5.41) is 48.7. The second kappa shape index (κ2) is 21.7. The molecule has 21 heteroatoms. The maximum absolute atomic E-state index is 14.9. The first-order valence-corrected chi connectivity index (χ1v) is 29.7. The Hall–Kier alpha value is -8.24. The topological polar surface area (TPSA) is 262 Å². The van der Waals surface area contributed by atoms with Gasteiger partial charge in [0.05, 0.1) is 54.9 Å². The summed E-state index contributed by atoms with van der Waals surface area (Å²) < 4.78 is 23.3. The molecule has 4 aliphatic heterocycles. The molecule has 9 heterocycles. The van der Waals surface area contributed by atoms with E-state index in [1.807, 2.05) is 86.4 Å². The van der Waals surface area contributed by atoms with Crippen LogP contribution < -0.4 is 30.7 Å². The molecule has 2 amide bonds. The number of pyridine rings is 1. The fourth-order valence-electron chi connectivity index (χ4n) is 13.5. The van der Waals surface area contributed by atoms with Crippen molar-refractivity contribution in [1.82, 2.24) is 60.2 Å². The summed E-state index contributed by atoms with van der Waals surface area (Å²) in [6, 6.07) is 20.5. The number of aromatic amines is 1. The van der Waals surface area contributed by atoms with Gasteiger partial charge in [0.15, 0.2) is 11.6 Å². The van der Waals surface area contributed by atoms with Crippen LogP contribution in [-0.4, -0.2) is 141 Å². The third-order valence-corrected chi connectivity index (χ3v) is 17.9. The van der Waals surface area contributed by atoms with E-state index < -0.39 is 30.1 Å². The summed E-state index contributed by atoms with van der Waals surface area (Å²) in [5.74, 6) is 0.906. The van der Waals surface area contributed by atoms with Crippen LogP contribution in [0.15, 0.2) is 85.3 Å². The van der Waals surface area contributed by atoms with Gasteiger partial charge in [0, 0.05) is 97.0 Å². The van der Waals surface area contributed by atoms with Gasteiger partial charge < -0.3 is 50.6 Å². The highest BCUT2D eigenvalue weighted by molar-refractivity contribution is 6.09. The number of aliphatic hydroxyl groups is 2. The average molecular weight is 1140 g/mol. The van der Waals surface area contributed by atoms with E-state index in [0.29, 0.717) is 77.0 Å². The van der Waals surface area contributed by atoms with Crippen molar-refractivity contribution in [3.8, 4) is 34.1 Å². The van der Waals surface area contributed by atoms with Crippen molar-refractivity contribution in [2.75, 3.05) is 50.1 Å². The molecule has 7 N–H and O–H groups in total. The van der Waals surface area contributed by atoms with Gasteiger partial charge in [0.1, 0.15) is 41.6 Å². The number of nitrogens with one attached hydrogen (secondary N) is 3. The predicted octanol–water partition coefficient (Wildman–Crippen LogP) is 7.42. The number of aromatic nitrogens is 9. The standard InChI is InChI=1S/C63H70N14O7/c1-5-76-51(16-19-67-76)38-12-10-37(11-13-38)50(31-78)69-61(80)52-24-41(79)29-75(52)62(81)57(33(2)3)77-30-47-43-14-7-35(22-49(43)68-59(64)56(47)73-77)32-83-58-54(53-34(4)6-15-48-46(53)27-66-72-48)44(36-8-9-36)25-45-55(58)70-63(84-42-17-20-82-21-18-42)71-60(45)74-28-39-23-40(74)26-65-39/h6-7,10-16,19,22,25,27,30,33,36,39-42,50,52,57,65,78-79H,5,8-9,17-18,20-21,23-24,26,28-29,31-32H2,1-4H3,(H2,64,68)(H,66,72)(H,69,80)/t39-,40-,41+,50-,52-,57?/m0/s1. The number of β-amino-alcohol motifs (C(OH)–C–C–N with tert-alkyl or cyclic N) is 1. The minimum absolute atomic E-state index is 0.0386. The fraction of sp³-hybridized carbons (Fsp3) is 0.429. The van der Waals surface area contributed by atoms with Crippen molar-refractivity contribution < 1.29 is 34.0 Å². The molecule has 2 bridgehead atoms. The van der Waals surface area contributed by atoms with Crippen molar-refractivity contribution in [2.45, 2.75) is 128 Å². The van der Waals surface area contributed by atoms with E-state index in [9.17, 15) is 19.8 Å². The number of nitrogen functional groups attached to an aromatic ring is 1. The number of benzene rings is 4. The molecule has 5 fully saturated rings. The maximum Gasteiger partial charge on any atom is 0.319 e. The highest BCUT2D eigenvalue weighted by Crippen LogP contribution is 2.53. The largest absolute Gasteiger partial charge is 0.486 e. The Labute approximate surface area is 484 Å². The van der Waals surface area contributed by atoms with Crippen molar-refractivity contribution in [2.24, 2.45) is 5.92 Å². The molecule has 4 saturated heterocycles. The quantitative estimate of drug-likeness (QED) is 0.0518. The molecule has 84 heavy (non-hydrogen) atoms. The Morgan fingerprint density at radius 2 is 1.75 bits per heavy atom. The molecule has 0 radical (unpaired) electrons. The Morgan fingerprint density at radius 3 is 2.50 bits per heavy atom. The Balaban J connectivity index is 0.786. The lowest BCUT2D eigenvalue weighted by molar-refractivity contribution is -0.142. The number of hydrogen-bond donors (Lipinski definition) is 6. The van der Waals surface area contributed by atoms with Crippen LogP contribution in [0.3, 0.4) is 0 Å². The van der Waals surface area contributed by atoms with Gasteiger partial charge >= 0.3 is 6.01 Å². The Kier molecular flexibility index (Phi) is 13.9. The molecule has 5 aliphatic rings. The molecule has 21 nitrogen and oxygen atoms in total. The average Bonchev–Trinajstić information content (AvgIpc) is 1.96. The molecule has 1 unspecified atom stereocenters. The molecular formula is C63H70N14O7. The molecule has 1 aliphatic carbocycles. The lowest BCUT2D eigenvalue weighted by Crippen LogP contribution is -2.50. The van der Waals surface area contributed by atoms with E-state index in [0.717, 1.165) is 106 Å². The van der Waals surface area contributed by atoms with E-state index in [-0.39, 0.29) is 49.9 Å². The van der Waals surface area contributed by atoms with Crippen LogP contribution in [-0.2, 0) is 27.5 Å². The summed E-state index contributed by atoms with van der Waals surface area (Å²) in [7, 11) is 0. The summed E-state index contributed by atoms with van der Waals surface area (Å²) in [6.07, 6.45) is 9.17. The Morgan fingerprint density at radius 1 is 0.917 bits per heavy atom. The second-order valence-corrected chi connectivity index (χ2v) is 23.8. The SMILES string of the molecule is CCn1nccc1-c1ccc([C@H](CO)NC(=O)[C@@H]2C[C@@H](O)CN2C(=O)C(C(C)C)n2cc3c(n2)c(N)nc2cc(COc4c(-c5c(C)ccc6[nH]ncc56)c(C5CC5)cc5c(N6C[C@@H]7C[C@H]6CN7)nc(OC6CCOCC6)nc45)ccc23)cc1. The first kappa shape index (κ1) is 53.7. The molecule has 6 atom stereocenters. The zero-order valence-corrected chi connectivity index (χ0v) is 47.7. The summed E-state index contributed by atoms with van der Waals surface area (Å²) in [5.41, 5.74) is 17.3. The highest BCUT2D eigenvalue weighted by Gasteiger charge is 2.44. The molecule has 434 valence electrons. The van der Waals surface area contributed by atoms with Crippen molar-refractivity contribution in [3.63, 3.8) is 0 Å². The maximum atomic E-state index is 14.9. The number of fused-ring (bicyclic) bond motifs is 7. The number of carbonyl (C=O) groups is 2. The van der Waals surface area contributed by atoms with Gasteiger partial charge in [-0.05, 0) is 103 Å². The van der Waals surface area contributed by atoms with E-state index in [2.05, 4.69) is 56.0 Å². The number of hydrogen-bond acceptors (Lipinski definition) is 16. The summed E-state index contributed by atoms with van der Waals surface area (Å²) in [6.45, 7) is 11.4. The van der Waals surface area contributed by atoms with Gasteiger partial charge in [-0.1, -0.05) is 56.3 Å². The first-order chi connectivity index (χ1) is 40.9. The molecule has 14 rings (SSSR count). The third kappa shape index (κ3) is 9.69. The zero-order valence-electron chi connectivity index (χ0n) is 47.7. The predicted molar refractivity (Wildman–Crippen MR) is 318 cm³/mol. The molecule has 0 spiro atoms. The number of carbonyl (C=O) groups excluding carboxylic acids is 2. The van der Waals surface area contributed by atoms with Crippen LogP contribution in [0.4, 0.5) is 11.6 Å². The molecule has 1 saturated carbocycles. The van der Waals surface area contributed by atoms with E-state index in [1.165, 1.54) is 10.5 Å². The third-order valence-electron chi connectivity index (χ3n) is 17.9. The lowest BCUT2D eigenvalue weighted by Gasteiger charge is -2.31. The van der Waals surface area contributed by atoms with Gasteiger partial charge in [-0.3, -0.25) is 24.1 Å². The van der Waals surface area contributed by atoms with Crippen LogP contribution in [0.1, 0.15) is 99.6 Å². The second-order valence-electron chi connectivity index (χ2n) is 23.8. The van der Waals surface area contributed by atoms with Crippen LogP contribution >= 0.6 is 0 Å². The number of likely N-dealkylation sites (tertiary alicyclic amines) is 1. The number of anilines is 2. The molecule has 9 aromatic rings. The number of H-pyrrole nitrogens is 1. The van der Waals surface area contributed by atoms with Gasteiger partial charge in [-0.15, -0.1) is 0 Å². The number of piperazine rings is 1. The van der Waals surface area contributed by atoms with E-state index in [1.54, 1.807) is 10.9 Å². The van der Waals surface area contributed by atoms with Gasteiger partial charge in [-0.25, -0.2) is 4.98 Å². The smallest absolute Gasteiger partial charge is 0.319 e. The number of nitrogens with two attached hydrogens (primary N) is 1. The minimum Gasteiger partial charge on any atom is -0.486 e.